The highest BCUT2D eigenvalue weighted by molar-refractivity contribution is 5.75. The second kappa shape index (κ2) is 10.8. The maximum Gasteiger partial charge on any atom is 0.315 e. The Morgan fingerprint density at radius 2 is 2.00 bits per heavy atom. The second-order valence-electron chi connectivity index (χ2n) is 3.71. The monoisotopic (exact) mass is 262 g/mol. The van der Waals surface area contributed by atoms with Crippen molar-refractivity contribution < 1.29 is 24.2 Å². The molecule has 1 unspecified atom stereocenters. The van der Waals surface area contributed by atoms with Crippen molar-refractivity contribution in [3.63, 3.8) is 0 Å². The number of carboxylic acids is 1. The van der Waals surface area contributed by atoms with E-state index in [1.807, 2.05) is 6.92 Å². The molecule has 7 heteroatoms. The second-order valence-corrected chi connectivity index (χ2v) is 3.71. The van der Waals surface area contributed by atoms with Crippen molar-refractivity contribution >= 4 is 12.0 Å². The average Bonchev–Trinajstić information content (AvgIpc) is 2.32. The molecule has 1 atom stereocenters. The largest absolute Gasteiger partial charge is 0.481 e. The number of carbonyl (C=O) groups excluding carboxylic acids is 1. The predicted molar refractivity (Wildman–Crippen MR) is 65.6 cm³/mol. The number of carbonyl (C=O) groups is 2. The summed E-state index contributed by atoms with van der Waals surface area (Å²) in [6.45, 7) is 3.59. The van der Waals surface area contributed by atoms with Gasteiger partial charge in [-0.05, 0) is 6.42 Å². The summed E-state index contributed by atoms with van der Waals surface area (Å²) in [5.41, 5.74) is 0. The molecule has 2 amide bonds. The van der Waals surface area contributed by atoms with Crippen LogP contribution in [0.1, 0.15) is 19.8 Å². The summed E-state index contributed by atoms with van der Waals surface area (Å²) in [7, 11) is 1.59. The Kier molecular flexibility index (Phi) is 9.99. The van der Waals surface area contributed by atoms with Gasteiger partial charge in [0.25, 0.3) is 0 Å². The van der Waals surface area contributed by atoms with E-state index in [4.69, 9.17) is 14.6 Å². The summed E-state index contributed by atoms with van der Waals surface area (Å²) in [6, 6.07) is -0.727. The molecule has 18 heavy (non-hydrogen) atoms. The zero-order valence-electron chi connectivity index (χ0n) is 10.9. The van der Waals surface area contributed by atoms with Gasteiger partial charge in [-0.25, -0.2) is 4.79 Å². The topological polar surface area (TPSA) is 96.9 Å². The van der Waals surface area contributed by atoms with Crippen LogP contribution in [0.15, 0.2) is 0 Å². The van der Waals surface area contributed by atoms with Crippen LogP contribution in [0.2, 0.25) is 0 Å². The number of carboxylic acid groups (broad SMARTS) is 1. The molecule has 0 aromatic rings. The van der Waals surface area contributed by atoms with Crippen molar-refractivity contribution in [3.8, 4) is 0 Å². The lowest BCUT2D eigenvalue weighted by molar-refractivity contribution is -0.137. The number of urea groups is 1. The number of aliphatic carboxylic acids is 1. The Morgan fingerprint density at radius 3 is 2.56 bits per heavy atom. The number of amides is 2. The van der Waals surface area contributed by atoms with Gasteiger partial charge in [0, 0.05) is 19.7 Å². The minimum absolute atomic E-state index is 0.0751. The number of rotatable bonds is 10. The summed E-state index contributed by atoms with van der Waals surface area (Å²) in [5, 5.41) is 13.8. The molecule has 0 saturated carbocycles. The van der Waals surface area contributed by atoms with Crippen molar-refractivity contribution in [1.29, 1.82) is 0 Å². The molecule has 0 aliphatic heterocycles. The maximum absolute atomic E-state index is 11.4. The summed E-state index contributed by atoms with van der Waals surface area (Å²) >= 11 is 0. The van der Waals surface area contributed by atoms with E-state index in [2.05, 4.69) is 10.6 Å². The van der Waals surface area contributed by atoms with Gasteiger partial charge in [0.2, 0.25) is 0 Å². The van der Waals surface area contributed by atoms with Crippen LogP contribution in [-0.2, 0) is 14.3 Å². The van der Waals surface area contributed by atoms with Gasteiger partial charge in [-0.15, -0.1) is 0 Å². The van der Waals surface area contributed by atoms with Gasteiger partial charge in [0.1, 0.15) is 0 Å². The fourth-order valence-electron chi connectivity index (χ4n) is 1.23. The molecule has 0 bridgehead atoms. The lowest BCUT2D eigenvalue weighted by atomic mass is 10.1. The van der Waals surface area contributed by atoms with Gasteiger partial charge >= 0.3 is 12.0 Å². The van der Waals surface area contributed by atoms with Crippen LogP contribution in [0.25, 0.3) is 0 Å². The van der Waals surface area contributed by atoms with Crippen LogP contribution < -0.4 is 10.6 Å². The van der Waals surface area contributed by atoms with E-state index in [1.165, 1.54) is 0 Å². The lowest BCUT2D eigenvalue weighted by Gasteiger charge is -2.15. The van der Waals surface area contributed by atoms with Gasteiger partial charge in [-0.2, -0.15) is 0 Å². The summed E-state index contributed by atoms with van der Waals surface area (Å²) in [6.07, 6.45) is 0.498. The maximum atomic E-state index is 11.4. The smallest absolute Gasteiger partial charge is 0.315 e. The fourth-order valence-corrected chi connectivity index (χ4v) is 1.23. The Labute approximate surface area is 107 Å². The lowest BCUT2D eigenvalue weighted by Crippen LogP contribution is -2.43. The first-order chi connectivity index (χ1) is 8.60. The molecule has 106 valence electrons. The first kappa shape index (κ1) is 16.7. The van der Waals surface area contributed by atoms with Gasteiger partial charge < -0.3 is 25.2 Å². The number of hydrogen-bond donors (Lipinski definition) is 3. The van der Waals surface area contributed by atoms with E-state index in [0.29, 0.717) is 32.8 Å². The van der Waals surface area contributed by atoms with Crippen LogP contribution >= 0.6 is 0 Å². The minimum Gasteiger partial charge on any atom is -0.481 e. The van der Waals surface area contributed by atoms with Crippen molar-refractivity contribution in [2.24, 2.45) is 0 Å². The van der Waals surface area contributed by atoms with E-state index < -0.39 is 5.97 Å². The SMILES string of the molecule is CCC(CC(=O)O)NC(=O)NCCOCCOC. The van der Waals surface area contributed by atoms with Crippen LogP contribution in [0.5, 0.6) is 0 Å². The molecule has 0 aromatic heterocycles. The van der Waals surface area contributed by atoms with E-state index in [1.54, 1.807) is 7.11 Å². The summed E-state index contributed by atoms with van der Waals surface area (Å²) in [5.74, 6) is -0.926. The number of nitrogens with one attached hydrogen (secondary N) is 2. The van der Waals surface area contributed by atoms with E-state index in [0.717, 1.165) is 0 Å². The molecule has 0 heterocycles. The summed E-state index contributed by atoms with van der Waals surface area (Å²) < 4.78 is 9.95. The average molecular weight is 262 g/mol. The zero-order valence-corrected chi connectivity index (χ0v) is 10.9. The molecule has 0 spiro atoms. The molecule has 0 aromatic carbocycles. The normalized spacial score (nSPS) is 11.9. The van der Waals surface area contributed by atoms with Crippen LogP contribution in [0.3, 0.4) is 0 Å². The molecule has 0 saturated heterocycles. The third-order valence-electron chi connectivity index (χ3n) is 2.21. The van der Waals surface area contributed by atoms with Crippen LogP contribution in [0.4, 0.5) is 4.79 Å². The van der Waals surface area contributed by atoms with Gasteiger partial charge in [0.15, 0.2) is 0 Å². The highest BCUT2D eigenvalue weighted by Crippen LogP contribution is 1.96. The van der Waals surface area contributed by atoms with Gasteiger partial charge in [0.05, 0.1) is 26.2 Å². The molecule has 0 rings (SSSR count). The Balaban J connectivity index is 3.59. The molecular formula is C11H22N2O5. The van der Waals surface area contributed by atoms with Crippen molar-refractivity contribution in [2.45, 2.75) is 25.8 Å². The third-order valence-corrected chi connectivity index (χ3v) is 2.21. The van der Waals surface area contributed by atoms with Gasteiger partial charge in [-0.3, -0.25) is 4.79 Å². The molecule has 0 aliphatic rings. The van der Waals surface area contributed by atoms with Crippen LogP contribution in [-0.4, -0.2) is 56.6 Å². The molecule has 7 nitrogen and oxygen atoms in total. The molecule has 3 N–H and O–H groups in total. The van der Waals surface area contributed by atoms with Crippen molar-refractivity contribution in [3.05, 3.63) is 0 Å². The van der Waals surface area contributed by atoms with Crippen molar-refractivity contribution in [1.82, 2.24) is 10.6 Å². The Morgan fingerprint density at radius 1 is 1.28 bits per heavy atom. The zero-order chi connectivity index (χ0) is 13.8. The number of ether oxygens (including phenoxy) is 2. The quantitative estimate of drug-likeness (QED) is 0.489. The Hall–Kier alpha value is -1.34. The third kappa shape index (κ3) is 9.86. The Bertz CT molecular complexity index is 248. The number of methoxy groups -OCH3 is 1. The summed E-state index contributed by atoms with van der Waals surface area (Å²) in [4.78, 5) is 21.9. The predicted octanol–water partition coefficient (Wildman–Crippen LogP) is 0.202. The first-order valence-corrected chi connectivity index (χ1v) is 5.93. The van der Waals surface area contributed by atoms with E-state index in [-0.39, 0.29) is 18.5 Å². The molecular weight excluding hydrogens is 240 g/mol. The van der Waals surface area contributed by atoms with Gasteiger partial charge in [-0.1, -0.05) is 6.92 Å². The van der Waals surface area contributed by atoms with E-state index in [9.17, 15) is 9.59 Å². The molecule has 0 aliphatic carbocycles. The molecule has 0 radical (unpaired) electrons. The number of hydrogen-bond acceptors (Lipinski definition) is 4. The fraction of sp³-hybridized carbons (Fsp3) is 0.818. The highest BCUT2D eigenvalue weighted by Gasteiger charge is 2.13. The highest BCUT2D eigenvalue weighted by atomic mass is 16.5. The van der Waals surface area contributed by atoms with Crippen LogP contribution in [0, 0.1) is 0 Å². The minimum atomic E-state index is -0.926. The standard InChI is InChI=1S/C11H22N2O5/c1-3-9(8-10(14)15)13-11(16)12-4-5-18-7-6-17-2/h9H,3-8H2,1-2H3,(H,14,15)(H2,12,13,16). The first-order valence-electron chi connectivity index (χ1n) is 5.93. The van der Waals surface area contributed by atoms with Crippen molar-refractivity contribution in [2.75, 3.05) is 33.5 Å². The molecule has 0 fully saturated rings. The van der Waals surface area contributed by atoms with E-state index >= 15 is 0 Å².